The van der Waals surface area contributed by atoms with E-state index in [9.17, 15) is 4.79 Å². The van der Waals surface area contributed by atoms with Crippen molar-refractivity contribution in [2.75, 3.05) is 25.1 Å². The predicted molar refractivity (Wildman–Crippen MR) is 131 cm³/mol. The van der Waals surface area contributed by atoms with Gasteiger partial charge in [-0.2, -0.15) is 0 Å². The zero-order valence-corrected chi connectivity index (χ0v) is 19.9. The summed E-state index contributed by atoms with van der Waals surface area (Å²) >= 11 is 3.53. The van der Waals surface area contributed by atoms with E-state index in [0.717, 1.165) is 16.6 Å². The van der Waals surface area contributed by atoms with Gasteiger partial charge in [-0.15, -0.1) is 0 Å². The minimum absolute atomic E-state index is 0.0731. The second-order valence-corrected chi connectivity index (χ2v) is 8.22. The third-order valence-electron chi connectivity index (χ3n) is 5.00. The molecular formula is C26H28BrNO4. The van der Waals surface area contributed by atoms with Crippen LogP contribution in [0.1, 0.15) is 31.7 Å². The Labute approximate surface area is 197 Å². The number of para-hydroxylation sites is 1. The van der Waals surface area contributed by atoms with Crippen LogP contribution in [0.3, 0.4) is 0 Å². The molecule has 0 radical (unpaired) electrons. The van der Waals surface area contributed by atoms with E-state index in [1.165, 1.54) is 5.56 Å². The van der Waals surface area contributed by atoms with Gasteiger partial charge in [0.25, 0.3) is 5.91 Å². The van der Waals surface area contributed by atoms with Crippen molar-refractivity contribution >= 4 is 27.5 Å². The van der Waals surface area contributed by atoms with Crippen LogP contribution in [0.2, 0.25) is 0 Å². The van der Waals surface area contributed by atoms with Gasteiger partial charge < -0.3 is 19.5 Å². The van der Waals surface area contributed by atoms with Gasteiger partial charge in [0.15, 0.2) is 6.61 Å². The fourth-order valence-electron chi connectivity index (χ4n) is 2.99. The Morgan fingerprint density at radius 1 is 0.906 bits per heavy atom. The van der Waals surface area contributed by atoms with Crippen molar-refractivity contribution in [3.8, 4) is 17.2 Å². The molecule has 0 bridgehead atoms. The molecule has 3 aromatic carbocycles. The summed E-state index contributed by atoms with van der Waals surface area (Å²) in [6.45, 7) is 5.15. The lowest BCUT2D eigenvalue weighted by molar-refractivity contribution is -0.118. The number of benzene rings is 3. The van der Waals surface area contributed by atoms with Gasteiger partial charge in [0.1, 0.15) is 30.5 Å². The van der Waals surface area contributed by atoms with Gasteiger partial charge in [0.05, 0.1) is 4.47 Å². The zero-order valence-electron chi connectivity index (χ0n) is 18.3. The number of carbonyl (C=O) groups excluding carboxylic acids is 1. The van der Waals surface area contributed by atoms with Crippen LogP contribution in [0.25, 0.3) is 0 Å². The molecule has 32 heavy (non-hydrogen) atoms. The highest BCUT2D eigenvalue weighted by molar-refractivity contribution is 9.10. The van der Waals surface area contributed by atoms with Crippen LogP contribution in [0.15, 0.2) is 77.3 Å². The Balaban J connectivity index is 1.40. The Kier molecular flexibility index (Phi) is 8.99. The van der Waals surface area contributed by atoms with E-state index in [0.29, 0.717) is 36.3 Å². The Morgan fingerprint density at radius 3 is 2.19 bits per heavy atom. The van der Waals surface area contributed by atoms with Crippen LogP contribution in [-0.4, -0.2) is 25.7 Å². The van der Waals surface area contributed by atoms with Crippen molar-refractivity contribution in [1.29, 1.82) is 0 Å². The van der Waals surface area contributed by atoms with E-state index in [4.69, 9.17) is 14.2 Å². The largest absolute Gasteiger partial charge is 0.490 e. The van der Waals surface area contributed by atoms with Crippen LogP contribution >= 0.6 is 15.9 Å². The third-order valence-corrected chi connectivity index (χ3v) is 5.62. The fourth-order valence-corrected chi connectivity index (χ4v) is 3.50. The number of nitrogens with one attached hydrogen (secondary N) is 1. The van der Waals surface area contributed by atoms with Gasteiger partial charge >= 0.3 is 0 Å². The minimum Gasteiger partial charge on any atom is -0.490 e. The zero-order chi connectivity index (χ0) is 22.8. The standard InChI is InChI=1S/C26H28BrNO4/c1-3-19(2)20-9-14-25(24(27)17-20)32-18-26(29)28-21-10-12-23(13-11-21)31-16-15-30-22-7-5-4-6-8-22/h4-14,17,19H,3,15-16,18H2,1-2H3,(H,28,29). The normalized spacial score (nSPS) is 11.5. The number of halogens is 1. The molecule has 0 aromatic heterocycles. The molecule has 0 aliphatic heterocycles. The first-order valence-electron chi connectivity index (χ1n) is 10.7. The van der Waals surface area contributed by atoms with Crippen LogP contribution < -0.4 is 19.5 Å². The van der Waals surface area contributed by atoms with E-state index < -0.39 is 0 Å². The molecule has 1 unspecified atom stereocenters. The van der Waals surface area contributed by atoms with Crippen molar-refractivity contribution in [2.45, 2.75) is 26.2 Å². The Hall–Kier alpha value is -2.99. The summed E-state index contributed by atoms with van der Waals surface area (Å²) in [6.07, 6.45) is 1.07. The van der Waals surface area contributed by atoms with Gasteiger partial charge in [-0.1, -0.05) is 38.1 Å². The molecule has 0 saturated carbocycles. The molecule has 1 N–H and O–H groups in total. The van der Waals surface area contributed by atoms with Crippen LogP contribution in [-0.2, 0) is 4.79 Å². The fraction of sp³-hybridized carbons (Fsp3) is 0.269. The smallest absolute Gasteiger partial charge is 0.262 e. The number of amides is 1. The van der Waals surface area contributed by atoms with Gasteiger partial charge in [0.2, 0.25) is 0 Å². The summed E-state index contributed by atoms with van der Waals surface area (Å²) in [7, 11) is 0. The SMILES string of the molecule is CCC(C)c1ccc(OCC(=O)Nc2ccc(OCCOc3ccccc3)cc2)c(Br)c1. The second kappa shape index (κ2) is 12.2. The molecule has 3 aromatic rings. The average Bonchev–Trinajstić information content (AvgIpc) is 2.82. The molecule has 5 nitrogen and oxygen atoms in total. The summed E-state index contributed by atoms with van der Waals surface area (Å²) in [5.74, 6) is 2.42. The van der Waals surface area contributed by atoms with Crippen molar-refractivity contribution in [1.82, 2.24) is 0 Å². The van der Waals surface area contributed by atoms with Crippen molar-refractivity contribution in [2.24, 2.45) is 0 Å². The second-order valence-electron chi connectivity index (χ2n) is 7.37. The highest BCUT2D eigenvalue weighted by Gasteiger charge is 2.10. The van der Waals surface area contributed by atoms with Gasteiger partial charge in [-0.05, 0) is 82.4 Å². The topological polar surface area (TPSA) is 56.8 Å². The summed E-state index contributed by atoms with van der Waals surface area (Å²) < 4.78 is 17.8. The summed E-state index contributed by atoms with van der Waals surface area (Å²) in [4.78, 5) is 12.2. The number of anilines is 1. The third kappa shape index (κ3) is 7.31. The monoisotopic (exact) mass is 497 g/mol. The maximum absolute atomic E-state index is 12.2. The molecule has 0 aliphatic rings. The lowest BCUT2D eigenvalue weighted by Gasteiger charge is -2.13. The van der Waals surface area contributed by atoms with Crippen LogP contribution in [0.5, 0.6) is 17.2 Å². The summed E-state index contributed by atoms with van der Waals surface area (Å²) in [6, 6.07) is 22.8. The number of hydrogen-bond acceptors (Lipinski definition) is 4. The van der Waals surface area contributed by atoms with Gasteiger partial charge in [0, 0.05) is 5.69 Å². The molecule has 1 amide bonds. The van der Waals surface area contributed by atoms with Gasteiger partial charge in [-0.3, -0.25) is 4.79 Å². The first kappa shape index (κ1) is 23.7. The average molecular weight is 498 g/mol. The Morgan fingerprint density at radius 2 is 1.56 bits per heavy atom. The summed E-state index contributed by atoms with van der Waals surface area (Å²) in [5, 5.41) is 2.83. The lowest BCUT2D eigenvalue weighted by Crippen LogP contribution is -2.20. The number of hydrogen-bond donors (Lipinski definition) is 1. The highest BCUT2D eigenvalue weighted by Crippen LogP contribution is 2.30. The maximum atomic E-state index is 12.2. The molecular weight excluding hydrogens is 470 g/mol. The summed E-state index contributed by atoms with van der Waals surface area (Å²) in [5.41, 5.74) is 1.92. The van der Waals surface area contributed by atoms with Crippen molar-refractivity contribution in [3.05, 3.63) is 82.8 Å². The number of rotatable bonds is 11. The number of carbonyl (C=O) groups is 1. The maximum Gasteiger partial charge on any atom is 0.262 e. The first-order chi connectivity index (χ1) is 15.5. The van der Waals surface area contributed by atoms with E-state index in [-0.39, 0.29) is 12.5 Å². The van der Waals surface area contributed by atoms with Crippen molar-refractivity contribution in [3.63, 3.8) is 0 Å². The molecule has 0 saturated heterocycles. The molecule has 0 aliphatic carbocycles. The quantitative estimate of drug-likeness (QED) is 0.309. The molecule has 0 spiro atoms. The van der Waals surface area contributed by atoms with E-state index in [1.54, 1.807) is 12.1 Å². The first-order valence-corrected chi connectivity index (χ1v) is 11.5. The molecule has 1 atom stereocenters. The van der Waals surface area contributed by atoms with Crippen LogP contribution in [0, 0.1) is 0 Å². The van der Waals surface area contributed by atoms with Crippen molar-refractivity contribution < 1.29 is 19.0 Å². The number of ether oxygens (including phenoxy) is 3. The molecule has 6 heteroatoms. The van der Waals surface area contributed by atoms with Gasteiger partial charge in [-0.25, -0.2) is 0 Å². The minimum atomic E-state index is -0.229. The van der Waals surface area contributed by atoms with Crippen LogP contribution in [0.4, 0.5) is 5.69 Å². The van der Waals surface area contributed by atoms with E-state index in [1.807, 2.05) is 60.7 Å². The van der Waals surface area contributed by atoms with E-state index >= 15 is 0 Å². The molecule has 0 heterocycles. The molecule has 0 fully saturated rings. The highest BCUT2D eigenvalue weighted by atomic mass is 79.9. The predicted octanol–water partition coefficient (Wildman–Crippen LogP) is 6.44. The Bertz CT molecular complexity index is 992. The van der Waals surface area contributed by atoms with E-state index in [2.05, 4.69) is 35.1 Å². The molecule has 168 valence electrons. The lowest BCUT2D eigenvalue weighted by atomic mass is 9.99. The molecule has 3 rings (SSSR count).